The van der Waals surface area contributed by atoms with Crippen LogP contribution >= 0.6 is 11.3 Å². The van der Waals surface area contributed by atoms with E-state index in [1.165, 1.54) is 24.2 Å². The Labute approximate surface area is 98.5 Å². The van der Waals surface area contributed by atoms with E-state index in [-0.39, 0.29) is 5.91 Å². The van der Waals surface area contributed by atoms with Crippen molar-refractivity contribution in [1.29, 1.82) is 0 Å². The molecule has 2 fully saturated rings. The molecule has 2 aliphatic rings. The zero-order valence-electron chi connectivity index (χ0n) is 9.19. The number of aromatic nitrogens is 1. The fourth-order valence-corrected chi connectivity index (χ4v) is 3.34. The fraction of sp³-hybridized carbons (Fsp3) is 0.636. The third kappa shape index (κ3) is 1.74. The minimum atomic E-state index is -0.0163. The Kier molecular flexibility index (Phi) is 2.44. The van der Waals surface area contributed by atoms with Crippen LogP contribution in [0, 0.1) is 6.92 Å². The molecule has 3 rings (SSSR count). The molecule has 1 aromatic rings. The summed E-state index contributed by atoms with van der Waals surface area (Å²) in [4.78, 5) is 17.1. The molecule has 86 valence electrons. The first-order chi connectivity index (χ1) is 7.72. The maximum atomic E-state index is 11.9. The van der Waals surface area contributed by atoms with Gasteiger partial charge in [-0.2, -0.15) is 0 Å². The van der Waals surface area contributed by atoms with E-state index in [0.29, 0.717) is 23.1 Å². The summed E-state index contributed by atoms with van der Waals surface area (Å²) in [5.41, 5.74) is 0. The van der Waals surface area contributed by atoms with Gasteiger partial charge in [0.25, 0.3) is 5.91 Å². The number of hydrogen-bond acceptors (Lipinski definition) is 4. The maximum Gasteiger partial charge on any atom is 0.280 e. The molecule has 3 atom stereocenters. The van der Waals surface area contributed by atoms with Crippen LogP contribution in [0.5, 0.6) is 0 Å². The van der Waals surface area contributed by atoms with Crippen LogP contribution in [0.2, 0.25) is 0 Å². The number of carbonyl (C=O) groups is 1. The zero-order chi connectivity index (χ0) is 11.1. The SMILES string of the molecule is Cc1cnc(C(=O)NC2CC3CCC2N3)s1. The highest BCUT2D eigenvalue weighted by Crippen LogP contribution is 2.28. The van der Waals surface area contributed by atoms with Crippen molar-refractivity contribution in [2.75, 3.05) is 0 Å². The van der Waals surface area contributed by atoms with Crippen molar-refractivity contribution >= 4 is 17.2 Å². The Hall–Kier alpha value is -0.940. The monoisotopic (exact) mass is 237 g/mol. The molecule has 3 heterocycles. The summed E-state index contributed by atoms with van der Waals surface area (Å²) in [6, 6.07) is 1.40. The Bertz CT molecular complexity index is 417. The second-order valence-corrected chi connectivity index (χ2v) is 5.87. The predicted molar refractivity (Wildman–Crippen MR) is 62.7 cm³/mol. The topological polar surface area (TPSA) is 54.0 Å². The molecule has 2 saturated heterocycles. The van der Waals surface area contributed by atoms with Gasteiger partial charge in [-0.3, -0.25) is 4.79 Å². The Morgan fingerprint density at radius 2 is 2.50 bits per heavy atom. The standard InChI is InChI=1S/C11H15N3OS/c1-6-5-12-11(16-6)10(15)14-9-4-7-2-3-8(9)13-7/h5,7-9,13H,2-4H2,1H3,(H,14,15). The number of carbonyl (C=O) groups excluding carboxylic acids is 1. The van der Waals surface area contributed by atoms with Gasteiger partial charge in [-0.05, 0) is 26.2 Å². The molecule has 4 nitrogen and oxygen atoms in total. The molecule has 0 spiro atoms. The van der Waals surface area contributed by atoms with E-state index in [9.17, 15) is 4.79 Å². The summed E-state index contributed by atoms with van der Waals surface area (Å²) in [5.74, 6) is -0.0163. The van der Waals surface area contributed by atoms with Gasteiger partial charge >= 0.3 is 0 Å². The molecule has 2 N–H and O–H groups in total. The van der Waals surface area contributed by atoms with E-state index in [2.05, 4.69) is 15.6 Å². The molecular weight excluding hydrogens is 222 g/mol. The molecular formula is C11H15N3OS. The number of nitrogens with zero attached hydrogens (tertiary/aromatic N) is 1. The van der Waals surface area contributed by atoms with Crippen molar-refractivity contribution in [3.05, 3.63) is 16.1 Å². The van der Waals surface area contributed by atoms with Crippen LogP contribution in [0.3, 0.4) is 0 Å². The zero-order valence-corrected chi connectivity index (χ0v) is 10.0. The van der Waals surface area contributed by atoms with Crippen molar-refractivity contribution in [3.8, 4) is 0 Å². The van der Waals surface area contributed by atoms with Crippen molar-refractivity contribution in [2.45, 2.75) is 44.3 Å². The van der Waals surface area contributed by atoms with E-state index >= 15 is 0 Å². The van der Waals surface area contributed by atoms with Crippen molar-refractivity contribution < 1.29 is 4.79 Å². The third-order valence-corrected chi connectivity index (χ3v) is 4.34. The van der Waals surface area contributed by atoms with Crippen LogP contribution in [0.15, 0.2) is 6.20 Å². The lowest BCUT2D eigenvalue weighted by molar-refractivity contribution is 0.0930. The van der Waals surface area contributed by atoms with Gasteiger partial charge in [-0.15, -0.1) is 11.3 Å². The highest BCUT2D eigenvalue weighted by Gasteiger charge is 2.39. The summed E-state index contributed by atoms with van der Waals surface area (Å²) in [6.07, 6.45) is 5.26. The smallest absolute Gasteiger partial charge is 0.280 e. The largest absolute Gasteiger partial charge is 0.346 e. The van der Waals surface area contributed by atoms with Gasteiger partial charge in [-0.25, -0.2) is 4.98 Å². The number of nitrogens with one attached hydrogen (secondary N) is 2. The van der Waals surface area contributed by atoms with Crippen LogP contribution in [-0.2, 0) is 0 Å². The van der Waals surface area contributed by atoms with Crippen molar-refractivity contribution in [1.82, 2.24) is 15.6 Å². The number of hydrogen-bond donors (Lipinski definition) is 2. The first kappa shape index (κ1) is 10.2. The van der Waals surface area contributed by atoms with E-state index in [4.69, 9.17) is 0 Å². The normalized spacial score (nSPS) is 31.9. The first-order valence-electron chi connectivity index (χ1n) is 5.72. The van der Waals surface area contributed by atoms with Gasteiger partial charge in [0.05, 0.1) is 0 Å². The minimum Gasteiger partial charge on any atom is -0.346 e. The van der Waals surface area contributed by atoms with E-state index < -0.39 is 0 Å². The van der Waals surface area contributed by atoms with Crippen LogP contribution in [0.4, 0.5) is 0 Å². The molecule has 1 amide bonds. The van der Waals surface area contributed by atoms with E-state index in [1.54, 1.807) is 6.20 Å². The summed E-state index contributed by atoms with van der Waals surface area (Å²) in [5, 5.41) is 7.18. The Morgan fingerprint density at radius 3 is 3.06 bits per heavy atom. The second kappa shape index (κ2) is 3.82. The summed E-state index contributed by atoms with van der Waals surface area (Å²) < 4.78 is 0. The van der Waals surface area contributed by atoms with Gasteiger partial charge in [0.15, 0.2) is 5.01 Å². The second-order valence-electron chi connectivity index (χ2n) is 4.64. The molecule has 2 aliphatic heterocycles. The number of rotatable bonds is 2. The average molecular weight is 237 g/mol. The molecule has 1 aromatic heterocycles. The summed E-state index contributed by atoms with van der Waals surface area (Å²) in [6.45, 7) is 1.97. The third-order valence-electron chi connectivity index (χ3n) is 3.43. The summed E-state index contributed by atoms with van der Waals surface area (Å²) in [7, 11) is 0. The van der Waals surface area contributed by atoms with Gasteiger partial charge in [0.1, 0.15) is 0 Å². The molecule has 5 heteroatoms. The highest BCUT2D eigenvalue weighted by molar-refractivity contribution is 7.13. The van der Waals surface area contributed by atoms with Gasteiger partial charge in [-0.1, -0.05) is 0 Å². The van der Waals surface area contributed by atoms with Crippen LogP contribution in [-0.4, -0.2) is 29.0 Å². The molecule has 2 bridgehead atoms. The summed E-state index contributed by atoms with van der Waals surface area (Å²) >= 11 is 1.46. The molecule has 0 radical (unpaired) electrons. The Balaban J connectivity index is 1.65. The lowest BCUT2D eigenvalue weighted by Gasteiger charge is -2.20. The molecule has 0 saturated carbocycles. The van der Waals surface area contributed by atoms with E-state index in [1.807, 2.05) is 6.92 Å². The van der Waals surface area contributed by atoms with Crippen molar-refractivity contribution in [2.24, 2.45) is 0 Å². The number of aryl methyl sites for hydroxylation is 1. The first-order valence-corrected chi connectivity index (χ1v) is 6.53. The van der Waals surface area contributed by atoms with Crippen LogP contribution < -0.4 is 10.6 Å². The van der Waals surface area contributed by atoms with Crippen molar-refractivity contribution in [3.63, 3.8) is 0 Å². The number of fused-ring (bicyclic) bond motifs is 2. The van der Waals surface area contributed by atoms with Gasteiger partial charge < -0.3 is 10.6 Å². The minimum absolute atomic E-state index is 0.0163. The number of amides is 1. The molecule has 16 heavy (non-hydrogen) atoms. The fourth-order valence-electron chi connectivity index (χ4n) is 2.67. The quantitative estimate of drug-likeness (QED) is 0.809. The maximum absolute atomic E-state index is 11.9. The van der Waals surface area contributed by atoms with Gasteiger partial charge in [0, 0.05) is 29.2 Å². The molecule has 0 aliphatic carbocycles. The van der Waals surface area contributed by atoms with Gasteiger partial charge in [0.2, 0.25) is 0 Å². The Morgan fingerprint density at radius 1 is 1.62 bits per heavy atom. The van der Waals surface area contributed by atoms with Crippen LogP contribution in [0.1, 0.15) is 33.9 Å². The predicted octanol–water partition coefficient (Wildman–Crippen LogP) is 1.07. The lowest BCUT2D eigenvalue weighted by Crippen LogP contribution is -2.42. The van der Waals surface area contributed by atoms with E-state index in [0.717, 1.165) is 11.3 Å². The van der Waals surface area contributed by atoms with Crippen LogP contribution in [0.25, 0.3) is 0 Å². The number of thiazole rings is 1. The lowest BCUT2D eigenvalue weighted by atomic mass is 9.95. The average Bonchev–Trinajstić information content (AvgIpc) is 2.92. The molecule has 3 unspecified atom stereocenters. The molecule has 0 aromatic carbocycles. The highest BCUT2D eigenvalue weighted by atomic mass is 32.1.